The van der Waals surface area contributed by atoms with E-state index in [-0.39, 0.29) is 17.5 Å². The Labute approximate surface area is 198 Å². The lowest BCUT2D eigenvalue weighted by molar-refractivity contribution is -0.137. The molecule has 0 radical (unpaired) electrons. The number of nitrogens with two attached hydrogens (primary N) is 1. The molecular formula is C21H20Cl2N8O2. The molecule has 0 spiro atoms. The maximum Gasteiger partial charge on any atom is 0.255 e. The molecule has 1 aliphatic rings. The number of carbonyl (C=O) groups excluding carboxylic acids is 2. The number of nitrogens with zero attached hydrogens (tertiary/aromatic N) is 5. The van der Waals surface area contributed by atoms with Crippen LogP contribution in [-0.4, -0.2) is 66.6 Å². The van der Waals surface area contributed by atoms with Crippen LogP contribution in [-0.2, 0) is 11.8 Å². The number of nitrogens with one attached hydrogen (secondary N) is 2. The number of carbonyl (C=O) groups is 2. The number of benzene rings is 1. The highest BCUT2D eigenvalue weighted by Crippen LogP contribution is 2.35. The Morgan fingerprint density at radius 3 is 2.79 bits per heavy atom. The third-order valence-corrected chi connectivity index (χ3v) is 6.19. The van der Waals surface area contributed by atoms with E-state index in [0.717, 1.165) is 5.52 Å². The van der Waals surface area contributed by atoms with Gasteiger partial charge in [0.15, 0.2) is 5.65 Å². The zero-order valence-corrected chi connectivity index (χ0v) is 19.3. The number of hydrogen-bond acceptors (Lipinski definition) is 6. The van der Waals surface area contributed by atoms with Crippen molar-refractivity contribution >= 4 is 57.1 Å². The van der Waals surface area contributed by atoms with Crippen molar-refractivity contribution in [1.29, 1.82) is 0 Å². The van der Waals surface area contributed by atoms with Gasteiger partial charge in [-0.15, -0.1) is 0 Å². The van der Waals surface area contributed by atoms with Crippen molar-refractivity contribution < 1.29 is 9.59 Å². The van der Waals surface area contributed by atoms with Crippen molar-refractivity contribution in [3.8, 4) is 11.4 Å². The summed E-state index contributed by atoms with van der Waals surface area (Å²) in [7, 11) is 1.78. The number of halogens is 2. The maximum absolute atomic E-state index is 12.9. The molecule has 2 amide bonds. The number of rotatable bonds is 4. The SMILES string of the molecule is C[C@@H](NC(=O)c1c[nH]c2ncc(-c3nn(C)c4cc(Cl)cc(Cl)c34)nc12)C(=O)N1CC(N)C1. The van der Waals surface area contributed by atoms with Gasteiger partial charge in [-0.3, -0.25) is 14.3 Å². The number of H-pyrrole nitrogens is 1. The maximum atomic E-state index is 12.9. The standard InChI is InChI=1S/C21H20Cl2N8O2/c1-9(21(33)31-7-11(24)8-31)27-20(32)12-5-25-19-17(12)28-14(6-26-19)18-16-13(23)3-10(22)4-15(16)30(2)29-18/h3-6,9,11H,7-8,24H2,1-2H3,(H,25,26)(H,27,32)/t9-/m1/s1. The van der Waals surface area contributed by atoms with Gasteiger partial charge >= 0.3 is 0 Å². The van der Waals surface area contributed by atoms with Gasteiger partial charge in [0.1, 0.15) is 22.9 Å². The van der Waals surface area contributed by atoms with Crippen molar-refractivity contribution in [3.05, 3.63) is 40.1 Å². The molecule has 4 aromatic rings. The van der Waals surface area contributed by atoms with Crippen LogP contribution in [0.2, 0.25) is 10.0 Å². The van der Waals surface area contributed by atoms with Crippen molar-refractivity contribution in [2.24, 2.45) is 12.8 Å². The topological polar surface area (TPSA) is 135 Å². The van der Waals surface area contributed by atoms with Gasteiger partial charge < -0.3 is 20.9 Å². The van der Waals surface area contributed by atoms with Crippen LogP contribution < -0.4 is 11.1 Å². The highest BCUT2D eigenvalue weighted by Gasteiger charge is 2.31. The highest BCUT2D eigenvalue weighted by atomic mass is 35.5. The van der Waals surface area contributed by atoms with E-state index in [9.17, 15) is 9.59 Å². The van der Waals surface area contributed by atoms with Gasteiger partial charge in [0.05, 0.1) is 22.3 Å². The summed E-state index contributed by atoms with van der Waals surface area (Å²) in [5, 5.41) is 8.89. The molecule has 1 saturated heterocycles. The second kappa shape index (κ2) is 7.98. The molecule has 0 bridgehead atoms. The highest BCUT2D eigenvalue weighted by molar-refractivity contribution is 6.39. The van der Waals surface area contributed by atoms with Crippen LogP contribution >= 0.6 is 23.2 Å². The third-order valence-electron chi connectivity index (χ3n) is 5.68. The molecule has 10 nitrogen and oxygen atoms in total. The first-order chi connectivity index (χ1) is 15.7. The fraction of sp³-hybridized carbons (Fsp3) is 0.286. The molecule has 1 aliphatic heterocycles. The summed E-state index contributed by atoms with van der Waals surface area (Å²) >= 11 is 12.6. The number of aryl methyl sites for hydroxylation is 1. The van der Waals surface area contributed by atoms with E-state index < -0.39 is 11.9 Å². The summed E-state index contributed by atoms with van der Waals surface area (Å²) in [4.78, 5) is 39.0. The number of aromatic nitrogens is 5. The monoisotopic (exact) mass is 486 g/mol. The number of aromatic amines is 1. The van der Waals surface area contributed by atoms with E-state index in [4.69, 9.17) is 28.9 Å². The van der Waals surface area contributed by atoms with E-state index in [2.05, 4.69) is 25.4 Å². The Bertz CT molecular complexity index is 1420. The molecule has 0 saturated carbocycles. The Morgan fingerprint density at radius 1 is 1.30 bits per heavy atom. The van der Waals surface area contributed by atoms with E-state index in [0.29, 0.717) is 51.1 Å². The summed E-state index contributed by atoms with van der Waals surface area (Å²) in [5.41, 5.74) is 8.52. The zero-order chi connectivity index (χ0) is 23.4. The van der Waals surface area contributed by atoms with Gasteiger partial charge in [-0.05, 0) is 19.1 Å². The van der Waals surface area contributed by atoms with E-state index in [1.54, 1.807) is 41.9 Å². The quantitative estimate of drug-likeness (QED) is 0.404. The summed E-state index contributed by atoms with van der Waals surface area (Å²) in [6.07, 6.45) is 3.08. The third kappa shape index (κ3) is 3.69. The van der Waals surface area contributed by atoms with Gasteiger partial charge in [-0.1, -0.05) is 23.2 Å². The zero-order valence-electron chi connectivity index (χ0n) is 17.8. The number of amides is 2. The van der Waals surface area contributed by atoms with Crippen LogP contribution in [0.25, 0.3) is 33.5 Å². The van der Waals surface area contributed by atoms with Crippen molar-refractivity contribution in [3.63, 3.8) is 0 Å². The molecule has 0 aliphatic carbocycles. The van der Waals surface area contributed by atoms with E-state index in [1.165, 1.54) is 6.20 Å². The molecule has 1 atom stereocenters. The molecule has 4 N–H and O–H groups in total. The Hall–Kier alpha value is -3.21. The Balaban J connectivity index is 1.48. The van der Waals surface area contributed by atoms with Gasteiger partial charge in [0.25, 0.3) is 5.91 Å². The van der Waals surface area contributed by atoms with Crippen LogP contribution in [0.5, 0.6) is 0 Å². The minimum atomic E-state index is -0.700. The van der Waals surface area contributed by atoms with E-state index >= 15 is 0 Å². The number of fused-ring (bicyclic) bond motifs is 2. The summed E-state index contributed by atoms with van der Waals surface area (Å²) in [5.74, 6) is -0.612. The number of likely N-dealkylation sites (tertiary alicyclic amines) is 1. The lowest BCUT2D eigenvalue weighted by Gasteiger charge is -2.38. The predicted octanol–water partition coefficient (Wildman–Crippen LogP) is 2.11. The van der Waals surface area contributed by atoms with Crippen molar-refractivity contribution in [2.75, 3.05) is 13.1 Å². The van der Waals surface area contributed by atoms with Gasteiger partial charge in [0, 0.05) is 42.8 Å². The molecule has 170 valence electrons. The minimum absolute atomic E-state index is 0.00799. The van der Waals surface area contributed by atoms with Crippen LogP contribution in [0.15, 0.2) is 24.5 Å². The second-order valence-corrected chi connectivity index (χ2v) is 8.95. The molecule has 0 unspecified atom stereocenters. The predicted molar refractivity (Wildman–Crippen MR) is 125 cm³/mol. The minimum Gasteiger partial charge on any atom is -0.344 e. The van der Waals surface area contributed by atoms with E-state index in [1.807, 2.05) is 0 Å². The Kier molecular flexibility index (Phi) is 5.23. The van der Waals surface area contributed by atoms with Crippen LogP contribution in [0, 0.1) is 0 Å². The number of hydrogen-bond donors (Lipinski definition) is 3. The summed E-state index contributed by atoms with van der Waals surface area (Å²) in [6.45, 7) is 2.63. The smallest absolute Gasteiger partial charge is 0.255 e. The van der Waals surface area contributed by atoms with Gasteiger partial charge in [0.2, 0.25) is 5.91 Å². The molecule has 5 rings (SSSR count). The lowest BCUT2D eigenvalue weighted by atomic mass is 10.1. The molecular weight excluding hydrogens is 467 g/mol. The molecule has 1 fully saturated rings. The first kappa shape index (κ1) is 21.6. The average molecular weight is 487 g/mol. The molecule has 33 heavy (non-hydrogen) atoms. The molecule has 4 heterocycles. The van der Waals surface area contributed by atoms with Crippen LogP contribution in [0.4, 0.5) is 0 Å². The largest absolute Gasteiger partial charge is 0.344 e. The second-order valence-electron chi connectivity index (χ2n) is 8.11. The van der Waals surface area contributed by atoms with Crippen LogP contribution in [0.1, 0.15) is 17.3 Å². The normalized spacial score (nSPS) is 15.1. The van der Waals surface area contributed by atoms with Gasteiger partial charge in [-0.25, -0.2) is 9.97 Å². The van der Waals surface area contributed by atoms with Crippen LogP contribution in [0.3, 0.4) is 0 Å². The first-order valence-corrected chi connectivity index (χ1v) is 11.0. The molecule has 1 aromatic carbocycles. The average Bonchev–Trinajstić information content (AvgIpc) is 3.32. The Morgan fingerprint density at radius 2 is 2.06 bits per heavy atom. The summed E-state index contributed by atoms with van der Waals surface area (Å²) < 4.78 is 1.66. The van der Waals surface area contributed by atoms with Gasteiger partial charge in [-0.2, -0.15) is 5.10 Å². The van der Waals surface area contributed by atoms with Crippen molar-refractivity contribution in [2.45, 2.75) is 19.0 Å². The fourth-order valence-electron chi connectivity index (χ4n) is 3.96. The fourth-order valence-corrected chi connectivity index (χ4v) is 4.54. The summed E-state index contributed by atoms with van der Waals surface area (Å²) in [6, 6.07) is 2.70. The lowest BCUT2D eigenvalue weighted by Crippen LogP contribution is -2.61. The van der Waals surface area contributed by atoms with Crippen molar-refractivity contribution in [1.82, 2.24) is 34.9 Å². The first-order valence-electron chi connectivity index (χ1n) is 10.2. The molecule has 3 aromatic heterocycles. The molecule has 12 heteroatoms.